The van der Waals surface area contributed by atoms with Gasteiger partial charge in [0, 0.05) is 4.88 Å². The van der Waals surface area contributed by atoms with Crippen molar-refractivity contribution < 1.29 is 24.2 Å². The molecule has 0 saturated heterocycles. The number of ether oxygens (including phenoxy) is 1. The largest absolute Gasteiger partial charge is 0.480 e. The lowest BCUT2D eigenvalue weighted by Crippen LogP contribution is -2.43. The lowest BCUT2D eigenvalue weighted by molar-refractivity contribution is -0.139. The summed E-state index contributed by atoms with van der Waals surface area (Å²) in [5.74, 6) is -0.567. The fourth-order valence-corrected chi connectivity index (χ4v) is 3.20. The lowest BCUT2D eigenvalue weighted by atomic mass is 10.2. The second-order valence-electron chi connectivity index (χ2n) is 6.23. The zero-order valence-corrected chi connectivity index (χ0v) is 16.2. The van der Waals surface area contributed by atoms with E-state index in [1.807, 2.05) is 17.5 Å². The number of amides is 2. The number of rotatable bonds is 9. The Morgan fingerprint density at radius 2 is 2.08 bits per heavy atom. The van der Waals surface area contributed by atoms with Gasteiger partial charge >= 0.3 is 12.1 Å². The van der Waals surface area contributed by atoms with Crippen molar-refractivity contribution in [2.45, 2.75) is 45.4 Å². The average Bonchev–Trinajstić information content (AvgIpc) is 2.99. The fraction of sp³-hybridized carbons (Fsp3) is 0.562. The molecule has 9 heteroatoms. The Morgan fingerprint density at radius 1 is 1.36 bits per heavy atom. The Morgan fingerprint density at radius 3 is 2.64 bits per heavy atom. The van der Waals surface area contributed by atoms with Gasteiger partial charge in [0.1, 0.15) is 11.6 Å². The summed E-state index contributed by atoms with van der Waals surface area (Å²) < 4.78 is 5.05. The van der Waals surface area contributed by atoms with Gasteiger partial charge in [0.2, 0.25) is 5.91 Å². The average molecular weight is 389 g/mol. The molecule has 2 amide bonds. The molecule has 0 fully saturated rings. The number of hydrogen-bond donors (Lipinski definition) is 3. The van der Waals surface area contributed by atoms with E-state index in [0.29, 0.717) is 12.3 Å². The summed E-state index contributed by atoms with van der Waals surface area (Å²) in [6, 6.07) is 2.82. The first-order valence-corrected chi connectivity index (χ1v) is 9.80. The minimum atomic E-state index is -1.13. The first-order valence-electron chi connectivity index (χ1n) is 7.76. The number of alkyl carbamates (subject to hydrolysis) is 1. The predicted molar refractivity (Wildman–Crippen MR) is 98.9 cm³/mol. The van der Waals surface area contributed by atoms with Crippen molar-refractivity contribution in [3.8, 4) is 0 Å². The molecule has 140 valence electrons. The molecule has 0 saturated carbocycles. The number of carbonyl (C=O) groups excluding carboxylic acids is 2. The first kappa shape index (κ1) is 21.3. The topological polar surface area (TPSA) is 105 Å². The van der Waals surface area contributed by atoms with Crippen LogP contribution in [0.15, 0.2) is 17.5 Å². The van der Waals surface area contributed by atoms with E-state index in [-0.39, 0.29) is 18.1 Å². The van der Waals surface area contributed by atoms with Gasteiger partial charge in [0.15, 0.2) is 0 Å². The monoisotopic (exact) mass is 388 g/mol. The van der Waals surface area contributed by atoms with Gasteiger partial charge < -0.3 is 20.5 Å². The molecule has 3 N–H and O–H groups in total. The van der Waals surface area contributed by atoms with Crippen LogP contribution in [0.25, 0.3) is 0 Å². The third kappa shape index (κ3) is 9.98. The summed E-state index contributed by atoms with van der Waals surface area (Å²) in [5, 5.41) is 16.2. The number of carboxylic acid groups (broad SMARTS) is 1. The van der Waals surface area contributed by atoms with Crippen molar-refractivity contribution in [1.82, 2.24) is 10.6 Å². The molecule has 1 aromatic rings. The zero-order chi connectivity index (χ0) is 18.9. The third-order valence-corrected chi connectivity index (χ3v) is 4.68. The van der Waals surface area contributed by atoms with Crippen LogP contribution in [0.4, 0.5) is 4.79 Å². The minimum Gasteiger partial charge on any atom is -0.480 e. The molecule has 1 heterocycles. The molecule has 0 radical (unpaired) electrons. The Hall–Kier alpha value is -1.74. The van der Waals surface area contributed by atoms with Crippen LogP contribution in [0.3, 0.4) is 0 Å². The Kier molecular flexibility index (Phi) is 8.77. The van der Waals surface area contributed by atoms with Gasteiger partial charge in [-0.1, -0.05) is 6.07 Å². The standard InChI is InChI=1S/C16H24N2O5S2/c1-16(2,3)23-15(22)18-12(14(20)21)6-8-24-10-13(19)17-9-11-5-4-7-25-11/h4-5,7,12H,6,8-10H2,1-3H3,(H,17,19)(H,18,22)(H,20,21). The predicted octanol–water partition coefficient (Wildman–Crippen LogP) is 2.47. The van der Waals surface area contributed by atoms with E-state index >= 15 is 0 Å². The summed E-state index contributed by atoms with van der Waals surface area (Å²) in [5.41, 5.74) is -0.692. The highest BCUT2D eigenvalue weighted by Crippen LogP contribution is 2.10. The summed E-state index contributed by atoms with van der Waals surface area (Å²) >= 11 is 2.89. The molecule has 1 aromatic heterocycles. The van der Waals surface area contributed by atoms with E-state index in [1.54, 1.807) is 32.1 Å². The molecule has 7 nitrogen and oxygen atoms in total. The number of hydrogen-bond acceptors (Lipinski definition) is 6. The lowest BCUT2D eigenvalue weighted by Gasteiger charge is -2.21. The number of carbonyl (C=O) groups is 3. The normalized spacial score (nSPS) is 12.3. The second-order valence-corrected chi connectivity index (χ2v) is 8.37. The van der Waals surface area contributed by atoms with E-state index < -0.39 is 23.7 Å². The maximum atomic E-state index is 11.7. The maximum Gasteiger partial charge on any atom is 0.408 e. The van der Waals surface area contributed by atoms with Crippen molar-refractivity contribution in [2.75, 3.05) is 11.5 Å². The Labute approximate surface area is 155 Å². The van der Waals surface area contributed by atoms with E-state index in [4.69, 9.17) is 9.84 Å². The summed E-state index contributed by atoms with van der Waals surface area (Å²) in [7, 11) is 0. The summed E-state index contributed by atoms with van der Waals surface area (Å²) in [6.45, 7) is 5.60. The fourth-order valence-electron chi connectivity index (χ4n) is 1.72. The van der Waals surface area contributed by atoms with Crippen molar-refractivity contribution in [3.63, 3.8) is 0 Å². The molecule has 25 heavy (non-hydrogen) atoms. The van der Waals surface area contributed by atoms with E-state index in [1.165, 1.54) is 11.8 Å². The molecule has 1 atom stereocenters. The molecular formula is C16H24N2O5S2. The molecule has 1 unspecified atom stereocenters. The zero-order valence-electron chi connectivity index (χ0n) is 14.5. The van der Waals surface area contributed by atoms with Crippen LogP contribution in [-0.4, -0.2) is 46.2 Å². The number of carboxylic acids is 1. The van der Waals surface area contributed by atoms with Crippen molar-refractivity contribution in [2.24, 2.45) is 0 Å². The van der Waals surface area contributed by atoms with Gasteiger partial charge in [-0.05, 0) is 44.4 Å². The van der Waals surface area contributed by atoms with Gasteiger partial charge in [0.25, 0.3) is 0 Å². The van der Waals surface area contributed by atoms with Crippen LogP contribution < -0.4 is 10.6 Å². The number of thioether (sulfide) groups is 1. The molecule has 0 aliphatic carbocycles. The summed E-state index contributed by atoms with van der Waals surface area (Å²) in [6.07, 6.45) is -0.559. The van der Waals surface area contributed by atoms with Crippen molar-refractivity contribution >= 4 is 41.1 Å². The van der Waals surface area contributed by atoms with Gasteiger partial charge in [-0.3, -0.25) is 4.79 Å². The van der Waals surface area contributed by atoms with Gasteiger partial charge in [-0.25, -0.2) is 9.59 Å². The third-order valence-electron chi connectivity index (χ3n) is 2.81. The van der Waals surface area contributed by atoms with Gasteiger partial charge in [-0.15, -0.1) is 11.3 Å². The minimum absolute atomic E-state index is 0.106. The van der Waals surface area contributed by atoms with Crippen LogP contribution in [0.2, 0.25) is 0 Å². The maximum absolute atomic E-state index is 11.7. The molecule has 0 spiro atoms. The van der Waals surface area contributed by atoms with Crippen LogP contribution >= 0.6 is 23.1 Å². The van der Waals surface area contributed by atoms with Crippen LogP contribution in [-0.2, 0) is 20.9 Å². The highest BCUT2D eigenvalue weighted by molar-refractivity contribution is 7.99. The molecule has 0 bridgehead atoms. The number of nitrogens with one attached hydrogen (secondary N) is 2. The van der Waals surface area contributed by atoms with E-state index in [9.17, 15) is 14.4 Å². The molecule has 1 rings (SSSR count). The first-order chi connectivity index (χ1) is 11.7. The molecule has 0 aliphatic rings. The van der Waals surface area contributed by atoms with Crippen LogP contribution in [0, 0.1) is 0 Å². The van der Waals surface area contributed by atoms with E-state index in [2.05, 4.69) is 10.6 Å². The smallest absolute Gasteiger partial charge is 0.408 e. The molecule has 0 aromatic carbocycles. The molecule has 0 aliphatic heterocycles. The highest BCUT2D eigenvalue weighted by atomic mass is 32.2. The van der Waals surface area contributed by atoms with Crippen LogP contribution in [0.1, 0.15) is 32.1 Å². The number of thiophene rings is 1. The van der Waals surface area contributed by atoms with Crippen molar-refractivity contribution in [3.05, 3.63) is 22.4 Å². The van der Waals surface area contributed by atoms with Gasteiger partial charge in [0.05, 0.1) is 12.3 Å². The highest BCUT2D eigenvalue weighted by Gasteiger charge is 2.23. The SMILES string of the molecule is CC(C)(C)OC(=O)NC(CCSCC(=O)NCc1cccs1)C(=O)O. The molecular weight excluding hydrogens is 364 g/mol. The quantitative estimate of drug-likeness (QED) is 0.561. The van der Waals surface area contributed by atoms with Crippen LogP contribution in [0.5, 0.6) is 0 Å². The van der Waals surface area contributed by atoms with Gasteiger partial charge in [-0.2, -0.15) is 11.8 Å². The van der Waals surface area contributed by atoms with Crippen molar-refractivity contribution in [1.29, 1.82) is 0 Å². The summed E-state index contributed by atoms with van der Waals surface area (Å²) in [4.78, 5) is 35.6. The number of aliphatic carboxylic acids is 1. The Bertz CT molecular complexity index is 570. The van der Waals surface area contributed by atoms with E-state index in [0.717, 1.165) is 4.88 Å². The second kappa shape index (κ2) is 10.3. The Balaban J connectivity index is 2.25.